The van der Waals surface area contributed by atoms with Gasteiger partial charge in [0.25, 0.3) is 0 Å². The SMILES string of the molecule is CCc1cc(NC)nc(Cc2ccc(F)cc2F)n1. The number of nitrogens with zero attached hydrogens (tertiary/aromatic N) is 2. The van der Waals surface area contributed by atoms with Crippen molar-refractivity contribution in [3.05, 3.63) is 53.0 Å². The van der Waals surface area contributed by atoms with Gasteiger partial charge in [-0.15, -0.1) is 0 Å². The van der Waals surface area contributed by atoms with Crippen molar-refractivity contribution in [2.45, 2.75) is 19.8 Å². The lowest BCUT2D eigenvalue weighted by Gasteiger charge is -2.07. The molecule has 0 bridgehead atoms. The van der Waals surface area contributed by atoms with Crippen LogP contribution in [0.2, 0.25) is 0 Å². The first-order chi connectivity index (χ1) is 9.12. The summed E-state index contributed by atoms with van der Waals surface area (Å²) in [6.07, 6.45) is 1.02. The van der Waals surface area contributed by atoms with Crippen molar-refractivity contribution >= 4 is 5.82 Å². The quantitative estimate of drug-likeness (QED) is 0.921. The van der Waals surface area contributed by atoms with Crippen LogP contribution >= 0.6 is 0 Å². The molecule has 0 fully saturated rings. The molecule has 1 aromatic carbocycles. The number of benzene rings is 1. The Hall–Kier alpha value is -2.04. The van der Waals surface area contributed by atoms with Gasteiger partial charge in [0.1, 0.15) is 23.3 Å². The predicted molar refractivity (Wildman–Crippen MR) is 70.1 cm³/mol. The van der Waals surface area contributed by atoms with Crippen molar-refractivity contribution in [1.29, 1.82) is 0 Å². The van der Waals surface area contributed by atoms with Crippen molar-refractivity contribution in [3.63, 3.8) is 0 Å². The smallest absolute Gasteiger partial charge is 0.135 e. The van der Waals surface area contributed by atoms with Crippen molar-refractivity contribution in [2.24, 2.45) is 0 Å². The van der Waals surface area contributed by atoms with Gasteiger partial charge in [-0.05, 0) is 18.1 Å². The lowest BCUT2D eigenvalue weighted by atomic mass is 10.1. The van der Waals surface area contributed by atoms with Crippen molar-refractivity contribution < 1.29 is 8.78 Å². The average Bonchev–Trinajstić information content (AvgIpc) is 2.41. The highest BCUT2D eigenvalue weighted by molar-refractivity contribution is 5.36. The van der Waals surface area contributed by atoms with Crippen LogP contribution in [-0.2, 0) is 12.8 Å². The topological polar surface area (TPSA) is 37.8 Å². The molecular formula is C14H15F2N3. The van der Waals surface area contributed by atoms with Crippen LogP contribution in [0.5, 0.6) is 0 Å². The van der Waals surface area contributed by atoms with E-state index in [4.69, 9.17) is 0 Å². The van der Waals surface area contributed by atoms with E-state index in [9.17, 15) is 8.78 Å². The third-order valence-corrected chi connectivity index (χ3v) is 2.81. The number of nitrogens with one attached hydrogen (secondary N) is 1. The molecule has 0 saturated carbocycles. The van der Waals surface area contributed by atoms with E-state index in [1.54, 1.807) is 7.05 Å². The Bertz CT molecular complexity index is 563. The fourth-order valence-electron chi connectivity index (χ4n) is 1.78. The summed E-state index contributed by atoms with van der Waals surface area (Å²) < 4.78 is 26.4. The second-order valence-electron chi connectivity index (χ2n) is 4.18. The molecule has 19 heavy (non-hydrogen) atoms. The first-order valence-electron chi connectivity index (χ1n) is 6.11. The molecule has 5 heteroatoms. The van der Waals surface area contributed by atoms with E-state index in [0.717, 1.165) is 18.2 Å². The van der Waals surface area contributed by atoms with E-state index in [-0.39, 0.29) is 6.42 Å². The molecule has 2 aromatic rings. The Labute approximate surface area is 110 Å². The standard InChI is InChI=1S/C14H15F2N3/c1-3-11-8-13(17-2)19-14(18-11)6-9-4-5-10(15)7-12(9)16/h4-5,7-8H,3,6H2,1-2H3,(H,17,18,19). The fraction of sp³-hybridized carbons (Fsp3) is 0.286. The van der Waals surface area contributed by atoms with E-state index in [1.165, 1.54) is 12.1 Å². The third-order valence-electron chi connectivity index (χ3n) is 2.81. The molecule has 1 N–H and O–H groups in total. The molecule has 0 aliphatic rings. The summed E-state index contributed by atoms with van der Waals surface area (Å²) in [5.41, 5.74) is 1.27. The third kappa shape index (κ3) is 3.24. The largest absolute Gasteiger partial charge is 0.373 e. The molecule has 100 valence electrons. The summed E-state index contributed by atoms with van der Waals surface area (Å²) in [5, 5.41) is 2.95. The van der Waals surface area contributed by atoms with Gasteiger partial charge in [-0.1, -0.05) is 13.0 Å². The Balaban J connectivity index is 2.31. The van der Waals surface area contributed by atoms with Crippen molar-refractivity contribution in [3.8, 4) is 0 Å². The predicted octanol–water partition coefficient (Wildman–Crippen LogP) is 2.95. The van der Waals surface area contributed by atoms with Gasteiger partial charge in [0.05, 0.1) is 0 Å². The highest BCUT2D eigenvalue weighted by Crippen LogP contribution is 2.15. The van der Waals surface area contributed by atoms with Crippen LogP contribution in [-0.4, -0.2) is 17.0 Å². The van der Waals surface area contributed by atoms with Crippen LogP contribution < -0.4 is 5.32 Å². The number of hydrogen-bond donors (Lipinski definition) is 1. The number of rotatable bonds is 4. The molecule has 0 amide bonds. The summed E-state index contributed by atoms with van der Waals surface area (Å²) in [4.78, 5) is 8.62. The molecule has 1 aromatic heterocycles. The van der Waals surface area contributed by atoms with Crippen LogP contribution in [0.15, 0.2) is 24.3 Å². The molecule has 0 saturated heterocycles. The number of halogens is 2. The van der Waals surface area contributed by atoms with E-state index in [2.05, 4.69) is 15.3 Å². The second kappa shape index (κ2) is 5.73. The zero-order valence-electron chi connectivity index (χ0n) is 10.9. The Morgan fingerprint density at radius 1 is 1.16 bits per heavy atom. The van der Waals surface area contributed by atoms with Gasteiger partial charge in [0.2, 0.25) is 0 Å². The van der Waals surface area contributed by atoms with Crippen LogP contribution in [0.4, 0.5) is 14.6 Å². The molecule has 2 rings (SSSR count). The summed E-state index contributed by atoms with van der Waals surface area (Å²) in [5.74, 6) is 0.0653. The Morgan fingerprint density at radius 2 is 1.95 bits per heavy atom. The van der Waals surface area contributed by atoms with Gasteiger partial charge in [-0.25, -0.2) is 18.7 Å². The van der Waals surface area contributed by atoms with Gasteiger partial charge in [0.15, 0.2) is 0 Å². The Kier molecular flexibility index (Phi) is 4.04. The van der Waals surface area contributed by atoms with Crippen LogP contribution in [0.1, 0.15) is 24.0 Å². The minimum Gasteiger partial charge on any atom is -0.373 e. The van der Waals surface area contributed by atoms with E-state index in [1.807, 2.05) is 13.0 Å². The molecule has 0 radical (unpaired) electrons. The molecule has 3 nitrogen and oxygen atoms in total. The molecule has 0 spiro atoms. The molecule has 0 aliphatic carbocycles. The van der Waals surface area contributed by atoms with Gasteiger partial charge in [0, 0.05) is 31.3 Å². The van der Waals surface area contributed by atoms with E-state index < -0.39 is 11.6 Å². The van der Waals surface area contributed by atoms with Crippen LogP contribution in [0.25, 0.3) is 0 Å². The average molecular weight is 263 g/mol. The van der Waals surface area contributed by atoms with Gasteiger partial charge in [-0.2, -0.15) is 0 Å². The zero-order valence-corrected chi connectivity index (χ0v) is 10.9. The monoisotopic (exact) mass is 263 g/mol. The first-order valence-corrected chi connectivity index (χ1v) is 6.11. The lowest BCUT2D eigenvalue weighted by molar-refractivity contribution is 0.573. The van der Waals surface area contributed by atoms with Gasteiger partial charge in [-0.3, -0.25) is 0 Å². The fourth-order valence-corrected chi connectivity index (χ4v) is 1.78. The van der Waals surface area contributed by atoms with Gasteiger partial charge >= 0.3 is 0 Å². The van der Waals surface area contributed by atoms with E-state index in [0.29, 0.717) is 17.2 Å². The number of anilines is 1. The molecular weight excluding hydrogens is 248 g/mol. The maximum Gasteiger partial charge on any atom is 0.135 e. The number of aromatic nitrogens is 2. The summed E-state index contributed by atoms with van der Waals surface area (Å²) in [6.45, 7) is 1.99. The molecule has 0 aliphatic heterocycles. The highest BCUT2D eigenvalue weighted by Gasteiger charge is 2.08. The van der Waals surface area contributed by atoms with Crippen molar-refractivity contribution in [1.82, 2.24) is 9.97 Å². The van der Waals surface area contributed by atoms with Gasteiger partial charge < -0.3 is 5.32 Å². The van der Waals surface area contributed by atoms with Crippen molar-refractivity contribution in [2.75, 3.05) is 12.4 Å². The second-order valence-corrected chi connectivity index (χ2v) is 4.18. The minimum atomic E-state index is -0.583. The molecule has 1 heterocycles. The highest BCUT2D eigenvalue weighted by atomic mass is 19.1. The van der Waals surface area contributed by atoms with E-state index >= 15 is 0 Å². The first kappa shape index (κ1) is 13.4. The van der Waals surface area contributed by atoms with Crippen LogP contribution in [0, 0.1) is 11.6 Å². The maximum atomic E-state index is 13.6. The molecule has 0 atom stereocenters. The lowest BCUT2D eigenvalue weighted by Crippen LogP contribution is -2.05. The summed E-state index contributed by atoms with van der Waals surface area (Å²) in [6, 6.07) is 5.38. The number of aryl methyl sites for hydroxylation is 1. The maximum absolute atomic E-state index is 13.6. The normalized spacial score (nSPS) is 10.5. The zero-order chi connectivity index (χ0) is 13.8. The summed E-state index contributed by atoms with van der Waals surface area (Å²) >= 11 is 0. The van der Waals surface area contributed by atoms with Crippen LogP contribution in [0.3, 0.4) is 0 Å². The summed E-state index contributed by atoms with van der Waals surface area (Å²) in [7, 11) is 1.77. The Morgan fingerprint density at radius 3 is 2.58 bits per heavy atom. The minimum absolute atomic E-state index is 0.245. The molecule has 0 unspecified atom stereocenters. The number of hydrogen-bond acceptors (Lipinski definition) is 3.